The third-order valence-corrected chi connectivity index (χ3v) is 6.52. The average Bonchev–Trinajstić information content (AvgIpc) is 3.27. The van der Waals surface area contributed by atoms with Gasteiger partial charge in [-0.1, -0.05) is 29.8 Å². The zero-order chi connectivity index (χ0) is 24.4. The SMILES string of the molecule is Cn1c(-n2cc(CCCCCC(=O)NCc3nccn3C3CC3)nn2)c(C(=O)O)c2ccccc21. The first kappa shape index (κ1) is 22.8. The number of unbranched alkanes of at least 4 members (excludes halogenated alkanes) is 2. The van der Waals surface area contributed by atoms with Crippen LogP contribution in [-0.2, 0) is 24.8 Å². The van der Waals surface area contributed by atoms with Crippen LogP contribution in [0.5, 0.6) is 0 Å². The minimum Gasteiger partial charge on any atom is -0.478 e. The average molecular weight is 476 g/mol. The van der Waals surface area contributed by atoms with Crippen LogP contribution in [0.4, 0.5) is 0 Å². The van der Waals surface area contributed by atoms with Crippen molar-refractivity contribution in [3.63, 3.8) is 0 Å². The fourth-order valence-electron chi connectivity index (χ4n) is 4.58. The maximum Gasteiger partial charge on any atom is 0.340 e. The number of hydrogen-bond donors (Lipinski definition) is 2. The fraction of sp³-hybridized carbons (Fsp3) is 0.400. The summed E-state index contributed by atoms with van der Waals surface area (Å²) in [5.41, 5.74) is 1.83. The van der Waals surface area contributed by atoms with Gasteiger partial charge in [-0.15, -0.1) is 5.10 Å². The predicted octanol–water partition coefficient (Wildman–Crippen LogP) is 3.41. The highest BCUT2D eigenvalue weighted by Crippen LogP contribution is 2.35. The predicted molar refractivity (Wildman–Crippen MR) is 129 cm³/mol. The van der Waals surface area contributed by atoms with Crippen molar-refractivity contribution in [1.82, 2.24) is 34.4 Å². The second kappa shape index (κ2) is 9.73. The first-order valence-electron chi connectivity index (χ1n) is 12.0. The largest absolute Gasteiger partial charge is 0.478 e. The number of aromatic nitrogens is 6. The molecule has 3 heterocycles. The van der Waals surface area contributed by atoms with Crippen molar-refractivity contribution in [2.75, 3.05) is 0 Å². The van der Waals surface area contributed by atoms with Crippen LogP contribution < -0.4 is 5.32 Å². The number of carbonyl (C=O) groups excluding carboxylic acids is 1. The molecular formula is C25H29N7O3. The van der Waals surface area contributed by atoms with Gasteiger partial charge in [-0.25, -0.2) is 14.5 Å². The van der Waals surface area contributed by atoms with Gasteiger partial charge in [0.25, 0.3) is 0 Å². The minimum absolute atomic E-state index is 0.0401. The lowest BCUT2D eigenvalue weighted by Gasteiger charge is -2.07. The molecule has 0 unspecified atom stereocenters. The molecule has 1 aromatic carbocycles. The lowest BCUT2D eigenvalue weighted by atomic mass is 10.1. The van der Waals surface area contributed by atoms with E-state index < -0.39 is 5.97 Å². The molecule has 1 fully saturated rings. The summed E-state index contributed by atoms with van der Waals surface area (Å²) in [4.78, 5) is 28.5. The Hall–Kier alpha value is -3.95. The molecule has 1 amide bonds. The highest BCUT2D eigenvalue weighted by molar-refractivity contribution is 6.07. The molecule has 10 nitrogen and oxygen atoms in total. The number of carboxylic acid groups (broad SMARTS) is 1. The van der Waals surface area contributed by atoms with Crippen LogP contribution in [0.25, 0.3) is 16.7 Å². The Morgan fingerprint density at radius 3 is 2.80 bits per heavy atom. The van der Waals surface area contributed by atoms with Crippen LogP contribution in [0.2, 0.25) is 0 Å². The fourth-order valence-corrected chi connectivity index (χ4v) is 4.58. The smallest absolute Gasteiger partial charge is 0.340 e. The number of nitrogens with one attached hydrogen (secondary N) is 1. The van der Waals surface area contributed by atoms with Gasteiger partial charge in [0.05, 0.1) is 24.0 Å². The highest BCUT2D eigenvalue weighted by Gasteiger charge is 2.25. The van der Waals surface area contributed by atoms with E-state index in [4.69, 9.17) is 0 Å². The Morgan fingerprint density at radius 1 is 1.17 bits per heavy atom. The van der Waals surface area contributed by atoms with E-state index in [1.54, 1.807) is 18.5 Å². The molecule has 2 N–H and O–H groups in total. The van der Waals surface area contributed by atoms with Crippen molar-refractivity contribution in [3.8, 4) is 5.82 Å². The number of fused-ring (bicyclic) bond motifs is 1. The van der Waals surface area contributed by atoms with Gasteiger partial charge in [-0.3, -0.25) is 4.79 Å². The zero-order valence-corrected chi connectivity index (χ0v) is 19.7. The molecule has 0 saturated heterocycles. The molecule has 1 saturated carbocycles. The van der Waals surface area contributed by atoms with Crippen LogP contribution in [0.3, 0.4) is 0 Å². The van der Waals surface area contributed by atoms with Gasteiger partial charge in [-0.2, -0.15) is 0 Å². The molecule has 4 aromatic rings. The van der Waals surface area contributed by atoms with E-state index in [1.807, 2.05) is 36.0 Å². The van der Waals surface area contributed by atoms with Gasteiger partial charge in [0.1, 0.15) is 11.4 Å². The molecule has 10 heteroatoms. The number of aromatic carboxylic acids is 1. The van der Waals surface area contributed by atoms with Crippen molar-refractivity contribution in [2.24, 2.45) is 7.05 Å². The van der Waals surface area contributed by atoms with E-state index >= 15 is 0 Å². The summed E-state index contributed by atoms with van der Waals surface area (Å²) >= 11 is 0. The molecule has 0 aliphatic heterocycles. The third kappa shape index (κ3) is 4.82. The van der Waals surface area contributed by atoms with Crippen molar-refractivity contribution in [1.29, 1.82) is 0 Å². The molecular weight excluding hydrogens is 446 g/mol. The summed E-state index contributed by atoms with van der Waals surface area (Å²) in [7, 11) is 1.83. The number of amides is 1. The third-order valence-electron chi connectivity index (χ3n) is 6.52. The van der Waals surface area contributed by atoms with Crippen LogP contribution in [0.15, 0.2) is 42.9 Å². The summed E-state index contributed by atoms with van der Waals surface area (Å²) in [6.07, 6.45) is 11.7. The van der Waals surface area contributed by atoms with E-state index in [-0.39, 0.29) is 11.5 Å². The molecule has 0 radical (unpaired) electrons. The number of hydrogen-bond acceptors (Lipinski definition) is 5. The number of para-hydroxylation sites is 1. The second-order valence-corrected chi connectivity index (χ2v) is 9.05. The Bertz CT molecular complexity index is 1360. The zero-order valence-electron chi connectivity index (χ0n) is 19.7. The number of rotatable bonds is 11. The number of carbonyl (C=O) groups is 2. The summed E-state index contributed by atoms with van der Waals surface area (Å²) < 4.78 is 5.52. The first-order valence-corrected chi connectivity index (χ1v) is 12.0. The summed E-state index contributed by atoms with van der Waals surface area (Å²) in [5, 5.41) is 21.9. The summed E-state index contributed by atoms with van der Waals surface area (Å²) in [6.45, 7) is 0.470. The maximum absolute atomic E-state index is 12.2. The van der Waals surface area contributed by atoms with Gasteiger partial charge >= 0.3 is 5.97 Å². The molecule has 35 heavy (non-hydrogen) atoms. The normalized spacial score (nSPS) is 13.4. The van der Waals surface area contributed by atoms with Gasteiger partial charge in [-0.05, 0) is 38.2 Å². The summed E-state index contributed by atoms with van der Waals surface area (Å²) in [5.74, 6) is 0.444. The minimum atomic E-state index is -0.997. The van der Waals surface area contributed by atoms with Crippen molar-refractivity contribution in [2.45, 2.75) is 57.5 Å². The molecule has 182 valence electrons. The molecule has 5 rings (SSSR count). The van der Waals surface area contributed by atoms with Gasteiger partial charge in [0.15, 0.2) is 5.82 Å². The summed E-state index contributed by atoms with van der Waals surface area (Å²) in [6, 6.07) is 7.96. The number of aryl methyl sites for hydroxylation is 2. The molecule has 0 spiro atoms. The monoisotopic (exact) mass is 475 g/mol. The molecule has 0 bridgehead atoms. The van der Waals surface area contributed by atoms with Crippen molar-refractivity contribution >= 4 is 22.8 Å². The van der Waals surface area contributed by atoms with E-state index in [0.29, 0.717) is 36.6 Å². The Kier molecular flexibility index (Phi) is 6.35. The maximum atomic E-state index is 12.2. The van der Waals surface area contributed by atoms with Gasteiger partial charge in [0, 0.05) is 37.3 Å². The second-order valence-electron chi connectivity index (χ2n) is 9.05. The van der Waals surface area contributed by atoms with E-state index in [2.05, 4.69) is 25.2 Å². The number of imidazole rings is 1. The van der Waals surface area contributed by atoms with Gasteiger partial charge < -0.3 is 19.6 Å². The van der Waals surface area contributed by atoms with Crippen molar-refractivity contribution < 1.29 is 14.7 Å². The lowest BCUT2D eigenvalue weighted by Crippen LogP contribution is -2.24. The molecule has 3 aromatic heterocycles. The van der Waals surface area contributed by atoms with Gasteiger partial charge in [0.2, 0.25) is 5.91 Å². The van der Waals surface area contributed by atoms with E-state index in [1.165, 1.54) is 17.5 Å². The van der Waals surface area contributed by atoms with E-state index in [9.17, 15) is 14.7 Å². The number of carboxylic acids is 1. The number of benzene rings is 1. The molecule has 1 aliphatic rings. The van der Waals surface area contributed by atoms with Crippen LogP contribution in [0.1, 0.15) is 66.4 Å². The first-order chi connectivity index (χ1) is 17.0. The molecule has 0 atom stereocenters. The Morgan fingerprint density at radius 2 is 2.00 bits per heavy atom. The van der Waals surface area contributed by atoms with Crippen molar-refractivity contribution in [3.05, 3.63) is 59.9 Å². The standard InChI is InChI=1S/C25H29N7O3/c1-30-20-9-6-5-8-19(20)23(25(34)35)24(30)32-16-17(28-29-32)7-3-2-4-10-22(33)27-15-21-26-13-14-31(21)18-11-12-18/h5-6,8-9,13-14,16,18H,2-4,7,10-12,15H2,1H3,(H,27,33)(H,34,35). The molecule has 1 aliphatic carbocycles. The van der Waals surface area contributed by atoms with Crippen LogP contribution >= 0.6 is 0 Å². The topological polar surface area (TPSA) is 120 Å². The Labute approximate surface area is 202 Å². The highest BCUT2D eigenvalue weighted by atomic mass is 16.4. The van der Waals surface area contributed by atoms with E-state index in [0.717, 1.165) is 36.3 Å². The lowest BCUT2D eigenvalue weighted by molar-refractivity contribution is -0.121. The van der Waals surface area contributed by atoms with Crippen LogP contribution in [0, 0.1) is 0 Å². The Balaban J connectivity index is 1.11. The quantitative estimate of drug-likeness (QED) is 0.321. The van der Waals surface area contributed by atoms with Crippen LogP contribution in [-0.4, -0.2) is 46.1 Å². The number of nitrogens with zero attached hydrogens (tertiary/aromatic N) is 6.